The number of nitro groups is 1. The van der Waals surface area contributed by atoms with Gasteiger partial charge < -0.3 is 4.90 Å². The molecule has 0 aromatic heterocycles. The fourth-order valence-corrected chi connectivity index (χ4v) is 2.54. The number of amides is 1. The van der Waals surface area contributed by atoms with Crippen LogP contribution >= 0.6 is 0 Å². The molecule has 5 nitrogen and oxygen atoms in total. The average Bonchev–Trinajstić information content (AvgIpc) is 2.43. The molecular formula is C15H18N2O3. The van der Waals surface area contributed by atoms with Crippen molar-refractivity contribution in [2.24, 2.45) is 5.41 Å². The summed E-state index contributed by atoms with van der Waals surface area (Å²) >= 11 is 0. The van der Waals surface area contributed by atoms with Gasteiger partial charge in [-0.15, -0.1) is 0 Å². The van der Waals surface area contributed by atoms with Crippen LogP contribution in [0.2, 0.25) is 0 Å². The van der Waals surface area contributed by atoms with E-state index < -0.39 is 10.3 Å². The Kier molecular flexibility index (Phi) is 4.17. The van der Waals surface area contributed by atoms with E-state index in [2.05, 4.69) is 0 Å². The second kappa shape index (κ2) is 5.86. The van der Waals surface area contributed by atoms with Crippen LogP contribution in [0, 0.1) is 15.5 Å². The lowest BCUT2D eigenvalue weighted by molar-refractivity contribution is -0.403. The van der Waals surface area contributed by atoms with Gasteiger partial charge in [0.05, 0.1) is 10.3 Å². The average molecular weight is 274 g/mol. The normalized spacial score (nSPS) is 23.2. The first-order valence-electron chi connectivity index (χ1n) is 6.67. The van der Waals surface area contributed by atoms with E-state index in [0.29, 0.717) is 19.5 Å². The van der Waals surface area contributed by atoms with E-state index >= 15 is 0 Å². The van der Waals surface area contributed by atoms with Crippen LogP contribution in [0.1, 0.15) is 25.3 Å². The summed E-state index contributed by atoms with van der Waals surface area (Å²) in [5, 5.41) is 10.5. The van der Waals surface area contributed by atoms with Gasteiger partial charge in [-0.1, -0.05) is 30.3 Å². The van der Waals surface area contributed by atoms with Crippen molar-refractivity contribution in [3.05, 3.63) is 58.3 Å². The second-order valence-electron chi connectivity index (χ2n) is 5.33. The Bertz CT molecular complexity index is 527. The summed E-state index contributed by atoms with van der Waals surface area (Å²) in [5.41, 5.74) is 0.309. The molecule has 1 aliphatic rings. The van der Waals surface area contributed by atoms with Crippen LogP contribution < -0.4 is 0 Å². The lowest BCUT2D eigenvalue weighted by atomic mass is 9.81. The molecular weight excluding hydrogens is 256 g/mol. The molecule has 0 N–H and O–H groups in total. The molecule has 5 heteroatoms. The van der Waals surface area contributed by atoms with Gasteiger partial charge in [-0.2, -0.15) is 0 Å². The molecule has 1 fully saturated rings. The molecule has 1 saturated heterocycles. The molecule has 106 valence electrons. The smallest absolute Gasteiger partial charge is 0.232 e. The molecule has 0 radical (unpaired) electrons. The zero-order valence-corrected chi connectivity index (χ0v) is 11.5. The summed E-state index contributed by atoms with van der Waals surface area (Å²) in [7, 11) is 0. The third kappa shape index (κ3) is 3.23. The van der Waals surface area contributed by atoms with Gasteiger partial charge in [-0.25, -0.2) is 0 Å². The van der Waals surface area contributed by atoms with E-state index in [1.807, 2.05) is 30.3 Å². The molecule has 0 spiro atoms. The van der Waals surface area contributed by atoms with Crippen LogP contribution in [0.4, 0.5) is 0 Å². The zero-order chi connectivity index (χ0) is 14.6. The van der Waals surface area contributed by atoms with Crippen LogP contribution in [-0.2, 0) is 11.3 Å². The van der Waals surface area contributed by atoms with Crippen molar-refractivity contribution < 1.29 is 9.72 Å². The maximum Gasteiger partial charge on any atom is 0.232 e. The van der Waals surface area contributed by atoms with Gasteiger partial charge >= 0.3 is 0 Å². The van der Waals surface area contributed by atoms with Crippen molar-refractivity contribution in [1.29, 1.82) is 0 Å². The molecule has 1 unspecified atom stereocenters. The Hall–Kier alpha value is -2.17. The van der Waals surface area contributed by atoms with E-state index in [-0.39, 0.29) is 5.91 Å². The number of piperidine rings is 1. The Morgan fingerprint density at radius 1 is 1.40 bits per heavy atom. The Morgan fingerprint density at radius 2 is 2.10 bits per heavy atom. The fraction of sp³-hybridized carbons (Fsp3) is 0.400. The molecule has 20 heavy (non-hydrogen) atoms. The van der Waals surface area contributed by atoms with Crippen molar-refractivity contribution in [1.82, 2.24) is 4.90 Å². The van der Waals surface area contributed by atoms with Gasteiger partial charge in [0, 0.05) is 19.2 Å². The van der Waals surface area contributed by atoms with E-state index in [9.17, 15) is 14.9 Å². The molecule has 1 atom stereocenters. The highest BCUT2D eigenvalue weighted by molar-refractivity contribution is 5.85. The minimum Gasteiger partial charge on any atom is -0.338 e. The first-order chi connectivity index (χ1) is 9.51. The number of hydrogen-bond donors (Lipinski definition) is 0. The van der Waals surface area contributed by atoms with Crippen LogP contribution in [0.5, 0.6) is 0 Å². The minimum atomic E-state index is -0.764. The molecule has 2 rings (SSSR count). The maximum absolute atomic E-state index is 12.5. The van der Waals surface area contributed by atoms with E-state index in [1.165, 1.54) is 6.08 Å². The summed E-state index contributed by atoms with van der Waals surface area (Å²) < 4.78 is 0. The zero-order valence-electron chi connectivity index (χ0n) is 11.5. The highest BCUT2D eigenvalue weighted by Crippen LogP contribution is 2.33. The Morgan fingerprint density at radius 3 is 2.75 bits per heavy atom. The summed E-state index contributed by atoms with van der Waals surface area (Å²) in [5.74, 6) is -0.0364. The number of carbonyl (C=O) groups excluding carboxylic acids is 1. The monoisotopic (exact) mass is 274 g/mol. The predicted octanol–water partition coefficient (Wildman–Crippen LogP) is 2.61. The van der Waals surface area contributed by atoms with Crippen LogP contribution in [0.3, 0.4) is 0 Å². The second-order valence-corrected chi connectivity index (χ2v) is 5.33. The Labute approximate surface area is 118 Å². The quantitative estimate of drug-likeness (QED) is 0.626. The van der Waals surface area contributed by atoms with Crippen LogP contribution in [-0.4, -0.2) is 22.3 Å². The first kappa shape index (κ1) is 14.2. The number of likely N-dealkylation sites (tertiary alicyclic amines) is 1. The number of rotatable bonds is 4. The van der Waals surface area contributed by atoms with Crippen LogP contribution in [0.25, 0.3) is 0 Å². The maximum atomic E-state index is 12.5. The van der Waals surface area contributed by atoms with Crippen LogP contribution in [0.15, 0.2) is 42.6 Å². The lowest BCUT2D eigenvalue weighted by Crippen LogP contribution is -2.46. The molecule has 1 aliphatic heterocycles. The summed E-state index contributed by atoms with van der Waals surface area (Å²) in [4.78, 5) is 24.2. The molecule has 0 bridgehead atoms. The SMILES string of the molecule is CC1(/C=C/[N+](=O)[O-])CCCN(Cc2ccccc2)C1=O. The number of carbonyl (C=O) groups is 1. The lowest BCUT2D eigenvalue weighted by Gasteiger charge is -2.37. The van der Waals surface area contributed by atoms with E-state index in [1.54, 1.807) is 11.8 Å². The summed E-state index contributed by atoms with van der Waals surface area (Å²) in [6.07, 6.45) is 3.81. The van der Waals surface area contributed by atoms with E-state index in [4.69, 9.17) is 0 Å². The van der Waals surface area contributed by atoms with Crippen molar-refractivity contribution in [3.8, 4) is 0 Å². The van der Waals surface area contributed by atoms with Gasteiger partial charge in [0.2, 0.25) is 12.1 Å². The molecule has 1 aromatic rings. The number of nitrogens with zero attached hydrogens (tertiary/aromatic N) is 2. The van der Waals surface area contributed by atoms with Gasteiger partial charge in [-0.05, 0) is 25.3 Å². The highest BCUT2D eigenvalue weighted by atomic mass is 16.6. The van der Waals surface area contributed by atoms with Gasteiger partial charge in [0.15, 0.2) is 0 Å². The summed E-state index contributed by atoms with van der Waals surface area (Å²) in [6.45, 7) is 3.03. The molecule has 1 amide bonds. The highest BCUT2D eigenvalue weighted by Gasteiger charge is 2.38. The summed E-state index contributed by atoms with van der Waals surface area (Å²) in [6, 6.07) is 9.77. The van der Waals surface area contributed by atoms with Crippen molar-refractivity contribution in [3.63, 3.8) is 0 Å². The fourth-order valence-electron chi connectivity index (χ4n) is 2.54. The minimum absolute atomic E-state index is 0.0364. The van der Waals surface area contributed by atoms with Crippen molar-refractivity contribution in [2.45, 2.75) is 26.3 Å². The van der Waals surface area contributed by atoms with Gasteiger partial charge in [0.25, 0.3) is 0 Å². The number of benzene rings is 1. The third-order valence-corrected chi connectivity index (χ3v) is 3.68. The third-order valence-electron chi connectivity index (χ3n) is 3.68. The van der Waals surface area contributed by atoms with Crippen molar-refractivity contribution in [2.75, 3.05) is 6.54 Å². The predicted molar refractivity (Wildman–Crippen MR) is 75.3 cm³/mol. The Balaban J connectivity index is 2.12. The van der Waals surface area contributed by atoms with Crippen molar-refractivity contribution >= 4 is 5.91 Å². The first-order valence-corrected chi connectivity index (χ1v) is 6.67. The molecule has 0 saturated carbocycles. The number of hydrogen-bond acceptors (Lipinski definition) is 3. The molecule has 1 heterocycles. The van der Waals surface area contributed by atoms with Gasteiger partial charge in [-0.3, -0.25) is 14.9 Å². The standard InChI is InChI=1S/C15H18N2O3/c1-15(9-11-17(19)20)8-5-10-16(14(15)18)12-13-6-3-2-4-7-13/h2-4,6-7,9,11H,5,8,10,12H2,1H3/b11-9+. The topological polar surface area (TPSA) is 63.5 Å². The molecule has 0 aliphatic carbocycles. The van der Waals surface area contributed by atoms with Gasteiger partial charge in [0.1, 0.15) is 0 Å². The van der Waals surface area contributed by atoms with E-state index in [0.717, 1.165) is 18.2 Å². The largest absolute Gasteiger partial charge is 0.338 e. The molecule has 1 aromatic carbocycles.